The predicted octanol–water partition coefficient (Wildman–Crippen LogP) is 2.30. The van der Waals surface area contributed by atoms with Gasteiger partial charge in [-0.15, -0.1) is 0 Å². The van der Waals surface area contributed by atoms with Gasteiger partial charge in [-0.25, -0.2) is 26.7 Å². The second-order valence-corrected chi connectivity index (χ2v) is 8.69. The second-order valence-electron chi connectivity index (χ2n) is 6.92. The summed E-state index contributed by atoms with van der Waals surface area (Å²) in [6.45, 7) is 0.326. The molecule has 0 aromatic heterocycles. The molecule has 0 unspecified atom stereocenters. The van der Waals surface area contributed by atoms with Crippen molar-refractivity contribution < 1.29 is 31.5 Å². The molecule has 3 rings (SSSR count). The minimum absolute atomic E-state index is 0.0549. The zero-order valence-corrected chi connectivity index (χ0v) is 16.8. The Kier molecular flexibility index (Phi) is 6.47. The third kappa shape index (κ3) is 5.19. The minimum atomic E-state index is -3.81. The lowest BCUT2D eigenvalue weighted by Gasteiger charge is -2.18. The number of amides is 1. The molecule has 0 spiro atoms. The van der Waals surface area contributed by atoms with Crippen molar-refractivity contribution in [2.75, 3.05) is 13.7 Å². The number of hydrogen-bond donors (Lipinski definition) is 2. The molecular formula is C20H20F2N2O5S. The van der Waals surface area contributed by atoms with Gasteiger partial charge in [0.25, 0.3) is 5.91 Å². The van der Waals surface area contributed by atoms with Gasteiger partial charge in [-0.3, -0.25) is 4.79 Å². The molecule has 0 saturated heterocycles. The summed E-state index contributed by atoms with van der Waals surface area (Å²) in [5.41, 5.74) is -0.341. The Hall–Kier alpha value is -2.85. The molecule has 1 aliphatic rings. The number of carbonyl (C=O) groups excluding carboxylic acids is 2. The molecule has 0 radical (unpaired) electrons. The smallest absolute Gasteiger partial charge is 0.333 e. The summed E-state index contributed by atoms with van der Waals surface area (Å²) in [6.07, 6.45) is 1.94. The topological polar surface area (TPSA) is 102 Å². The van der Waals surface area contributed by atoms with E-state index in [0.717, 1.165) is 38.2 Å². The molecule has 0 bridgehead atoms. The maximum Gasteiger partial charge on any atom is 0.333 e. The molecule has 2 aromatic rings. The first-order valence-electron chi connectivity index (χ1n) is 9.14. The van der Waals surface area contributed by atoms with E-state index in [1.54, 1.807) is 0 Å². The van der Waals surface area contributed by atoms with Crippen LogP contribution >= 0.6 is 0 Å². The first-order chi connectivity index (χ1) is 14.2. The van der Waals surface area contributed by atoms with E-state index < -0.39 is 39.6 Å². The fourth-order valence-corrected chi connectivity index (χ4v) is 3.93. The Balaban J connectivity index is 1.82. The van der Waals surface area contributed by atoms with Crippen LogP contribution in [0.3, 0.4) is 0 Å². The molecule has 1 aliphatic carbocycles. The lowest BCUT2D eigenvalue weighted by atomic mass is 10.1. The summed E-state index contributed by atoms with van der Waals surface area (Å²) in [6, 6.07) is 6.22. The summed E-state index contributed by atoms with van der Waals surface area (Å²) in [5, 5.41) is 2.31. The molecule has 1 atom stereocenters. The Morgan fingerprint density at radius 1 is 1.17 bits per heavy atom. The number of sulfonamides is 1. The van der Waals surface area contributed by atoms with E-state index >= 15 is 0 Å². The van der Waals surface area contributed by atoms with Crippen molar-refractivity contribution >= 4 is 21.9 Å². The van der Waals surface area contributed by atoms with Crippen molar-refractivity contribution in [2.24, 2.45) is 5.92 Å². The number of carbonyl (C=O) groups is 2. The number of rotatable bonds is 8. The van der Waals surface area contributed by atoms with Gasteiger partial charge < -0.3 is 10.1 Å². The summed E-state index contributed by atoms with van der Waals surface area (Å²) in [7, 11) is -2.75. The van der Waals surface area contributed by atoms with E-state index in [4.69, 9.17) is 0 Å². The molecule has 160 valence electrons. The maximum absolute atomic E-state index is 14.1. The molecule has 0 heterocycles. The van der Waals surface area contributed by atoms with Crippen LogP contribution in [0.15, 0.2) is 47.4 Å². The molecule has 1 fully saturated rings. The molecule has 7 nitrogen and oxygen atoms in total. The molecule has 2 N–H and O–H groups in total. The van der Waals surface area contributed by atoms with Crippen LogP contribution in [0.1, 0.15) is 34.8 Å². The number of benzene rings is 2. The highest BCUT2D eigenvalue weighted by Gasteiger charge is 2.28. The molecular weight excluding hydrogens is 418 g/mol. The van der Waals surface area contributed by atoms with E-state index in [2.05, 4.69) is 14.8 Å². The number of hydrogen-bond acceptors (Lipinski definition) is 5. The van der Waals surface area contributed by atoms with Gasteiger partial charge in [-0.2, -0.15) is 0 Å². The Bertz CT molecular complexity index is 1070. The molecule has 10 heteroatoms. The number of ether oxygens (including phenoxy) is 1. The summed E-state index contributed by atoms with van der Waals surface area (Å²) >= 11 is 0. The minimum Gasteiger partial charge on any atom is -0.467 e. The van der Waals surface area contributed by atoms with Crippen molar-refractivity contribution in [2.45, 2.75) is 23.8 Å². The highest BCUT2D eigenvalue weighted by Crippen LogP contribution is 2.28. The van der Waals surface area contributed by atoms with Crippen LogP contribution in [0.4, 0.5) is 8.78 Å². The monoisotopic (exact) mass is 438 g/mol. The van der Waals surface area contributed by atoms with Crippen molar-refractivity contribution in [3.8, 4) is 0 Å². The normalized spacial score (nSPS) is 14.8. The van der Waals surface area contributed by atoms with Gasteiger partial charge in [0.05, 0.1) is 12.0 Å². The van der Waals surface area contributed by atoms with E-state index in [0.29, 0.717) is 18.5 Å². The number of methoxy groups -OCH3 is 1. The van der Waals surface area contributed by atoms with Gasteiger partial charge in [-0.1, -0.05) is 12.1 Å². The quantitative estimate of drug-likeness (QED) is 0.616. The van der Waals surface area contributed by atoms with Crippen molar-refractivity contribution in [3.05, 3.63) is 65.2 Å². The lowest BCUT2D eigenvalue weighted by Crippen LogP contribution is -2.35. The SMILES string of the molecule is COC(=O)[C@@H](NC(=O)c1cccc(S(=O)(=O)NCC2CC2)c1)c1ccc(F)cc1F. The van der Waals surface area contributed by atoms with Crippen molar-refractivity contribution in [1.82, 2.24) is 10.0 Å². The predicted molar refractivity (Wildman–Crippen MR) is 103 cm³/mol. The van der Waals surface area contributed by atoms with Crippen LogP contribution in [0.2, 0.25) is 0 Å². The highest BCUT2D eigenvalue weighted by molar-refractivity contribution is 7.89. The molecule has 2 aromatic carbocycles. The molecule has 1 saturated carbocycles. The lowest BCUT2D eigenvalue weighted by molar-refractivity contribution is -0.143. The maximum atomic E-state index is 14.1. The van der Waals surface area contributed by atoms with Crippen LogP contribution in [0, 0.1) is 17.6 Å². The van der Waals surface area contributed by atoms with E-state index in [9.17, 15) is 26.8 Å². The third-order valence-electron chi connectivity index (χ3n) is 4.65. The summed E-state index contributed by atoms with van der Waals surface area (Å²) in [5.74, 6) is -3.34. The fourth-order valence-electron chi connectivity index (χ4n) is 2.77. The molecule has 30 heavy (non-hydrogen) atoms. The summed E-state index contributed by atoms with van der Waals surface area (Å²) in [4.78, 5) is 24.6. The number of halogens is 2. The van der Waals surface area contributed by atoms with Gasteiger partial charge in [0.15, 0.2) is 6.04 Å². The van der Waals surface area contributed by atoms with Crippen LogP contribution in [-0.4, -0.2) is 33.9 Å². The van der Waals surface area contributed by atoms with Gasteiger partial charge >= 0.3 is 5.97 Å². The van der Waals surface area contributed by atoms with Crippen LogP contribution in [-0.2, 0) is 19.6 Å². The first-order valence-corrected chi connectivity index (χ1v) is 10.6. The third-order valence-corrected chi connectivity index (χ3v) is 6.07. The average molecular weight is 438 g/mol. The highest BCUT2D eigenvalue weighted by atomic mass is 32.2. The second kappa shape index (κ2) is 8.88. The number of nitrogens with one attached hydrogen (secondary N) is 2. The van der Waals surface area contributed by atoms with E-state index in [1.807, 2.05) is 0 Å². The molecule has 0 aliphatic heterocycles. The molecule has 1 amide bonds. The van der Waals surface area contributed by atoms with E-state index in [1.165, 1.54) is 18.2 Å². The van der Waals surface area contributed by atoms with Gasteiger partial charge in [0.1, 0.15) is 11.6 Å². The fraction of sp³-hybridized carbons (Fsp3) is 0.300. The Morgan fingerprint density at radius 3 is 2.53 bits per heavy atom. The van der Waals surface area contributed by atoms with Gasteiger partial charge in [-0.05, 0) is 43.0 Å². The van der Waals surface area contributed by atoms with Crippen LogP contribution in [0.5, 0.6) is 0 Å². The van der Waals surface area contributed by atoms with E-state index in [-0.39, 0.29) is 16.0 Å². The average Bonchev–Trinajstić information content (AvgIpc) is 3.55. The van der Waals surface area contributed by atoms with Crippen molar-refractivity contribution in [3.63, 3.8) is 0 Å². The van der Waals surface area contributed by atoms with Gasteiger partial charge in [0, 0.05) is 23.7 Å². The van der Waals surface area contributed by atoms with Gasteiger partial charge in [0.2, 0.25) is 10.0 Å². The van der Waals surface area contributed by atoms with Crippen LogP contribution in [0.25, 0.3) is 0 Å². The van der Waals surface area contributed by atoms with Crippen LogP contribution < -0.4 is 10.0 Å². The standard InChI is InChI=1S/C20H20F2N2O5S/c1-29-20(26)18(16-8-7-14(21)10-17(16)22)24-19(25)13-3-2-4-15(9-13)30(27,28)23-11-12-5-6-12/h2-4,7-10,12,18,23H,5-6,11H2,1H3,(H,24,25)/t18-/m0/s1. The number of esters is 1. The largest absolute Gasteiger partial charge is 0.467 e. The Labute approximate surface area is 172 Å². The first kappa shape index (κ1) is 21.8. The Morgan fingerprint density at radius 2 is 1.90 bits per heavy atom. The summed E-state index contributed by atoms with van der Waals surface area (Å²) < 4.78 is 59.2. The zero-order chi connectivity index (χ0) is 21.9. The van der Waals surface area contributed by atoms with Crippen molar-refractivity contribution in [1.29, 1.82) is 0 Å². The zero-order valence-electron chi connectivity index (χ0n) is 16.0.